The summed E-state index contributed by atoms with van der Waals surface area (Å²) >= 11 is 0. The van der Waals surface area contributed by atoms with E-state index in [9.17, 15) is 4.39 Å². The van der Waals surface area contributed by atoms with E-state index in [1.165, 1.54) is 12.1 Å². The first kappa shape index (κ1) is 17.0. The predicted molar refractivity (Wildman–Crippen MR) is 98.3 cm³/mol. The molecule has 5 heteroatoms. The summed E-state index contributed by atoms with van der Waals surface area (Å²) in [6.07, 6.45) is 2.65. The molecule has 3 rings (SSSR count). The van der Waals surface area contributed by atoms with Crippen LogP contribution in [0.3, 0.4) is 0 Å². The van der Waals surface area contributed by atoms with Gasteiger partial charge in [-0.2, -0.15) is 5.10 Å². The minimum Gasteiger partial charge on any atom is -0.385 e. The number of aromatic nitrogens is 2. The van der Waals surface area contributed by atoms with E-state index >= 15 is 0 Å². The number of ether oxygens (including phenoxy) is 1. The second kappa shape index (κ2) is 7.82. The van der Waals surface area contributed by atoms with Crippen LogP contribution < -0.4 is 5.32 Å². The molecule has 0 radical (unpaired) electrons. The lowest BCUT2D eigenvalue weighted by atomic mass is 10.1. The van der Waals surface area contributed by atoms with Crippen molar-refractivity contribution in [3.05, 3.63) is 54.0 Å². The fourth-order valence-corrected chi connectivity index (χ4v) is 2.45. The second-order valence-electron chi connectivity index (χ2n) is 5.94. The Morgan fingerprint density at radius 2 is 2.08 bits per heavy atom. The van der Waals surface area contributed by atoms with Crippen molar-refractivity contribution in [1.82, 2.24) is 10.2 Å². The summed E-state index contributed by atoms with van der Waals surface area (Å²) in [5.74, 6) is 6.48. The van der Waals surface area contributed by atoms with Crippen LogP contribution in [0.25, 0.3) is 10.9 Å². The Kier molecular flexibility index (Phi) is 5.32. The first-order valence-corrected chi connectivity index (χ1v) is 8.16. The average Bonchev–Trinajstić information content (AvgIpc) is 3.07. The highest BCUT2D eigenvalue weighted by Gasteiger charge is 2.06. The van der Waals surface area contributed by atoms with Gasteiger partial charge in [0.05, 0.1) is 23.0 Å². The third-order valence-corrected chi connectivity index (χ3v) is 3.91. The highest BCUT2D eigenvalue weighted by Crippen LogP contribution is 2.25. The van der Waals surface area contributed by atoms with Crippen LogP contribution in [0.1, 0.15) is 18.9 Å². The van der Waals surface area contributed by atoms with Gasteiger partial charge in [-0.3, -0.25) is 5.10 Å². The summed E-state index contributed by atoms with van der Waals surface area (Å²) < 4.78 is 18.2. The molecule has 3 aromatic rings. The van der Waals surface area contributed by atoms with Crippen molar-refractivity contribution < 1.29 is 9.13 Å². The predicted octanol–water partition coefficient (Wildman–Crippen LogP) is 4.47. The number of H-pyrrole nitrogens is 1. The fourth-order valence-electron chi connectivity index (χ4n) is 2.45. The molecule has 1 unspecified atom stereocenters. The molecule has 0 bridgehead atoms. The normalized spacial score (nSPS) is 11.8. The van der Waals surface area contributed by atoms with Crippen molar-refractivity contribution in [3.63, 3.8) is 0 Å². The zero-order valence-corrected chi connectivity index (χ0v) is 14.3. The van der Waals surface area contributed by atoms with E-state index in [2.05, 4.69) is 34.3 Å². The summed E-state index contributed by atoms with van der Waals surface area (Å²) in [4.78, 5) is 0. The van der Waals surface area contributed by atoms with Crippen molar-refractivity contribution in [2.75, 3.05) is 19.0 Å². The number of halogens is 1. The zero-order valence-electron chi connectivity index (χ0n) is 14.3. The van der Waals surface area contributed by atoms with Crippen LogP contribution in [0.4, 0.5) is 15.8 Å². The lowest BCUT2D eigenvalue weighted by Gasteiger charge is -2.09. The standard InChI is InChI=1S/C20H20FN3O/c1-14(9-10-25-2)3-4-15-11-20-16(13-22-24-20)12-19(15)23-18-7-5-17(21)6-8-18/h5-8,11-14,23H,9-10H2,1-2H3,(H,22,24). The highest BCUT2D eigenvalue weighted by atomic mass is 19.1. The van der Waals surface area contributed by atoms with Crippen LogP contribution in [0.15, 0.2) is 42.6 Å². The SMILES string of the molecule is COCCC(C)C#Cc1cc2[nH]ncc2cc1Nc1ccc(F)cc1. The molecule has 0 aliphatic carbocycles. The highest BCUT2D eigenvalue weighted by molar-refractivity contribution is 5.86. The Balaban J connectivity index is 1.92. The quantitative estimate of drug-likeness (QED) is 0.675. The molecule has 0 spiro atoms. The van der Waals surface area contributed by atoms with Gasteiger partial charge in [0.1, 0.15) is 5.82 Å². The van der Waals surface area contributed by atoms with Gasteiger partial charge in [-0.05, 0) is 42.8 Å². The van der Waals surface area contributed by atoms with E-state index in [-0.39, 0.29) is 11.7 Å². The topological polar surface area (TPSA) is 49.9 Å². The zero-order chi connectivity index (χ0) is 17.6. The van der Waals surface area contributed by atoms with Gasteiger partial charge in [0, 0.05) is 30.7 Å². The number of hydrogen-bond acceptors (Lipinski definition) is 3. The number of nitrogens with one attached hydrogen (secondary N) is 2. The van der Waals surface area contributed by atoms with Crippen LogP contribution in [-0.4, -0.2) is 23.9 Å². The third kappa shape index (κ3) is 4.37. The van der Waals surface area contributed by atoms with Gasteiger partial charge in [-0.15, -0.1) is 0 Å². The number of aromatic amines is 1. The van der Waals surface area contributed by atoms with Crippen LogP contribution in [0.2, 0.25) is 0 Å². The first-order chi connectivity index (χ1) is 12.2. The van der Waals surface area contributed by atoms with E-state index in [0.29, 0.717) is 6.61 Å². The maximum Gasteiger partial charge on any atom is 0.123 e. The minimum absolute atomic E-state index is 0.232. The van der Waals surface area contributed by atoms with Gasteiger partial charge in [-0.1, -0.05) is 18.8 Å². The Hall–Kier alpha value is -2.84. The first-order valence-electron chi connectivity index (χ1n) is 8.16. The van der Waals surface area contributed by atoms with Crippen LogP contribution >= 0.6 is 0 Å². The van der Waals surface area contributed by atoms with Gasteiger partial charge in [0.15, 0.2) is 0 Å². The Bertz CT molecular complexity index is 906. The Morgan fingerprint density at radius 1 is 1.28 bits per heavy atom. The molecule has 1 aromatic heterocycles. The van der Waals surface area contributed by atoms with E-state index in [1.807, 2.05) is 12.1 Å². The summed E-state index contributed by atoms with van der Waals surface area (Å²) in [5.41, 5.74) is 3.47. The van der Waals surface area contributed by atoms with Crippen molar-refractivity contribution in [1.29, 1.82) is 0 Å². The molecular weight excluding hydrogens is 317 g/mol. The number of anilines is 2. The number of hydrogen-bond donors (Lipinski definition) is 2. The number of benzene rings is 2. The van der Waals surface area contributed by atoms with Gasteiger partial charge in [-0.25, -0.2) is 4.39 Å². The average molecular weight is 337 g/mol. The van der Waals surface area contributed by atoms with Crippen molar-refractivity contribution in [3.8, 4) is 11.8 Å². The van der Waals surface area contributed by atoms with Gasteiger partial charge < -0.3 is 10.1 Å². The lowest BCUT2D eigenvalue weighted by Crippen LogP contribution is -1.98. The Morgan fingerprint density at radius 3 is 2.84 bits per heavy atom. The van der Waals surface area contributed by atoms with Crippen LogP contribution in [-0.2, 0) is 4.74 Å². The molecule has 25 heavy (non-hydrogen) atoms. The van der Waals surface area contributed by atoms with E-state index in [1.54, 1.807) is 25.4 Å². The van der Waals surface area contributed by atoms with Crippen LogP contribution in [0.5, 0.6) is 0 Å². The molecule has 0 amide bonds. The summed E-state index contributed by atoms with van der Waals surface area (Å²) in [6, 6.07) is 10.2. The Labute approximate surface area is 146 Å². The molecule has 0 saturated heterocycles. The maximum absolute atomic E-state index is 13.1. The maximum atomic E-state index is 13.1. The molecule has 0 saturated carbocycles. The second-order valence-corrected chi connectivity index (χ2v) is 5.94. The van der Waals surface area contributed by atoms with Gasteiger partial charge in [0.2, 0.25) is 0 Å². The van der Waals surface area contributed by atoms with Gasteiger partial charge >= 0.3 is 0 Å². The summed E-state index contributed by atoms with van der Waals surface area (Å²) in [6.45, 7) is 2.77. The van der Waals surface area contributed by atoms with Crippen molar-refractivity contribution in [2.24, 2.45) is 5.92 Å². The van der Waals surface area contributed by atoms with Crippen molar-refractivity contribution in [2.45, 2.75) is 13.3 Å². The molecule has 0 aliphatic rings. The fraction of sp³-hybridized carbons (Fsp3) is 0.250. The summed E-state index contributed by atoms with van der Waals surface area (Å²) in [7, 11) is 1.69. The molecule has 1 atom stereocenters. The smallest absolute Gasteiger partial charge is 0.123 e. The largest absolute Gasteiger partial charge is 0.385 e. The molecule has 2 N–H and O–H groups in total. The van der Waals surface area contributed by atoms with Crippen molar-refractivity contribution >= 4 is 22.3 Å². The molecule has 4 nitrogen and oxygen atoms in total. The van der Waals surface area contributed by atoms with Gasteiger partial charge in [0.25, 0.3) is 0 Å². The minimum atomic E-state index is -0.261. The monoisotopic (exact) mass is 337 g/mol. The van der Waals surface area contributed by atoms with Crippen LogP contribution in [0, 0.1) is 23.6 Å². The molecule has 2 aromatic carbocycles. The number of rotatable bonds is 5. The molecule has 1 heterocycles. The number of nitrogens with zero attached hydrogens (tertiary/aromatic N) is 1. The molecule has 128 valence electrons. The number of methoxy groups -OCH3 is 1. The molecule has 0 fully saturated rings. The lowest BCUT2D eigenvalue weighted by molar-refractivity contribution is 0.187. The van der Waals surface area contributed by atoms with E-state index < -0.39 is 0 Å². The van der Waals surface area contributed by atoms with E-state index in [0.717, 1.165) is 34.3 Å². The molecular formula is C20H20FN3O. The molecule has 0 aliphatic heterocycles. The number of fused-ring (bicyclic) bond motifs is 1. The third-order valence-electron chi connectivity index (χ3n) is 3.91. The summed E-state index contributed by atoms with van der Waals surface area (Å²) in [5, 5.41) is 11.3. The van der Waals surface area contributed by atoms with E-state index in [4.69, 9.17) is 4.74 Å².